The number of rotatable bonds is 10. The van der Waals surface area contributed by atoms with Gasteiger partial charge in [0.05, 0.1) is 19.8 Å². The molecule has 0 saturated carbocycles. The molecule has 0 spiro atoms. The molecular weight excluding hydrogens is 456 g/mol. The van der Waals surface area contributed by atoms with Gasteiger partial charge in [0.25, 0.3) is 0 Å². The summed E-state index contributed by atoms with van der Waals surface area (Å²) < 4.78 is 10.8. The average molecular weight is 497 g/mol. The van der Waals surface area contributed by atoms with Gasteiger partial charge in [0, 0.05) is 43.2 Å². The molecule has 0 radical (unpaired) electrons. The van der Waals surface area contributed by atoms with Crippen molar-refractivity contribution >= 4 is 23.7 Å². The van der Waals surface area contributed by atoms with Crippen LogP contribution in [0.25, 0.3) is 0 Å². The van der Waals surface area contributed by atoms with Crippen LogP contribution in [0.4, 0.5) is 9.59 Å². The van der Waals surface area contributed by atoms with E-state index in [4.69, 9.17) is 16.3 Å². The predicted octanol–water partition coefficient (Wildman–Crippen LogP) is 4.20. The van der Waals surface area contributed by atoms with Crippen molar-refractivity contribution in [2.24, 2.45) is 11.3 Å². The Morgan fingerprint density at radius 2 is 2.06 bits per heavy atom. The lowest BCUT2D eigenvalue weighted by Gasteiger charge is -2.38. The van der Waals surface area contributed by atoms with Crippen LogP contribution in [0.3, 0.4) is 0 Å². The second-order valence-corrected chi connectivity index (χ2v) is 10.5. The van der Waals surface area contributed by atoms with Crippen LogP contribution in [0.5, 0.6) is 0 Å². The molecule has 192 valence electrons. The molecular formula is C25H41ClN4O4. The minimum Gasteiger partial charge on any atom is -0.453 e. The molecule has 0 aliphatic carbocycles. The molecule has 1 unspecified atom stereocenters. The number of amides is 3. The number of piperidine rings is 1. The number of alkyl carbamates (subject to hydrolysis) is 1. The van der Waals surface area contributed by atoms with Crippen molar-refractivity contribution in [2.75, 3.05) is 46.9 Å². The fourth-order valence-electron chi connectivity index (χ4n) is 4.47. The van der Waals surface area contributed by atoms with Gasteiger partial charge in [-0.1, -0.05) is 44.5 Å². The van der Waals surface area contributed by atoms with Gasteiger partial charge in [-0.3, -0.25) is 0 Å². The lowest BCUT2D eigenvalue weighted by molar-refractivity contribution is -0.00866. The minimum atomic E-state index is -0.491. The molecule has 1 aliphatic heterocycles. The monoisotopic (exact) mass is 496 g/mol. The van der Waals surface area contributed by atoms with Crippen LogP contribution in [0.2, 0.25) is 5.02 Å². The molecule has 8 nitrogen and oxygen atoms in total. The third-order valence-electron chi connectivity index (χ3n) is 5.84. The molecule has 3 amide bonds. The summed E-state index contributed by atoms with van der Waals surface area (Å²) in [6.45, 7) is 9.24. The Morgan fingerprint density at radius 1 is 1.29 bits per heavy atom. The molecule has 1 aromatic carbocycles. The van der Waals surface area contributed by atoms with Crippen molar-refractivity contribution < 1.29 is 19.1 Å². The number of ether oxygens (including phenoxy) is 2. The maximum absolute atomic E-state index is 13.2. The quantitative estimate of drug-likeness (QED) is 0.422. The van der Waals surface area contributed by atoms with Gasteiger partial charge in [-0.25, -0.2) is 9.59 Å². The zero-order chi connectivity index (χ0) is 25.1. The SMILES string of the molecule is CNC[C@H](CC(C)(C)C)NC(=O)N1CCC[C@@H](C(OCCNC(=O)OC)c2cccc(Cl)c2)C1. The minimum absolute atomic E-state index is 0.0357. The second-order valence-electron chi connectivity index (χ2n) is 10.1. The van der Waals surface area contributed by atoms with Crippen molar-refractivity contribution in [1.29, 1.82) is 0 Å². The number of carbonyl (C=O) groups excluding carboxylic acids is 2. The van der Waals surface area contributed by atoms with Crippen LogP contribution in [0, 0.1) is 11.3 Å². The Labute approximate surface area is 209 Å². The first-order valence-corrected chi connectivity index (χ1v) is 12.4. The fourth-order valence-corrected chi connectivity index (χ4v) is 4.67. The number of halogens is 1. The van der Waals surface area contributed by atoms with Gasteiger partial charge in [0.15, 0.2) is 0 Å². The van der Waals surface area contributed by atoms with Crippen LogP contribution in [-0.2, 0) is 9.47 Å². The lowest BCUT2D eigenvalue weighted by Crippen LogP contribution is -2.52. The molecule has 1 aliphatic rings. The highest BCUT2D eigenvalue weighted by Crippen LogP contribution is 2.34. The Hall–Kier alpha value is -2.03. The van der Waals surface area contributed by atoms with Crippen LogP contribution >= 0.6 is 11.6 Å². The predicted molar refractivity (Wildman–Crippen MR) is 135 cm³/mol. The van der Waals surface area contributed by atoms with E-state index in [1.807, 2.05) is 36.2 Å². The molecule has 2 rings (SSSR count). The number of likely N-dealkylation sites (tertiary alicyclic amines) is 1. The molecule has 0 bridgehead atoms. The van der Waals surface area contributed by atoms with Crippen molar-refractivity contribution in [3.05, 3.63) is 34.9 Å². The van der Waals surface area contributed by atoms with Crippen LogP contribution in [0.15, 0.2) is 24.3 Å². The van der Waals surface area contributed by atoms with E-state index < -0.39 is 6.09 Å². The average Bonchev–Trinajstić information content (AvgIpc) is 2.78. The number of nitrogens with one attached hydrogen (secondary N) is 3. The Balaban J connectivity index is 2.07. The third kappa shape index (κ3) is 9.68. The number of hydrogen-bond acceptors (Lipinski definition) is 5. The van der Waals surface area contributed by atoms with E-state index in [0.29, 0.717) is 24.7 Å². The lowest BCUT2D eigenvalue weighted by atomic mass is 9.87. The van der Waals surface area contributed by atoms with E-state index in [1.54, 1.807) is 0 Å². The van der Waals surface area contributed by atoms with Crippen molar-refractivity contribution in [1.82, 2.24) is 20.9 Å². The molecule has 3 N–H and O–H groups in total. The largest absolute Gasteiger partial charge is 0.453 e. The van der Waals surface area contributed by atoms with Crippen LogP contribution in [-0.4, -0.2) is 70.0 Å². The normalized spacial score (nSPS) is 18.2. The number of methoxy groups -OCH3 is 1. The molecule has 9 heteroatoms. The zero-order valence-electron chi connectivity index (χ0n) is 21.2. The highest BCUT2D eigenvalue weighted by molar-refractivity contribution is 6.30. The number of urea groups is 1. The van der Waals surface area contributed by atoms with Crippen molar-refractivity contribution in [3.8, 4) is 0 Å². The highest BCUT2D eigenvalue weighted by atomic mass is 35.5. The molecule has 3 atom stereocenters. The Kier molecular flexibility index (Phi) is 11.4. The van der Waals surface area contributed by atoms with E-state index in [2.05, 4.69) is 41.5 Å². The Bertz CT molecular complexity index is 786. The molecule has 0 aromatic heterocycles. The molecule has 1 saturated heterocycles. The summed E-state index contributed by atoms with van der Waals surface area (Å²) in [6, 6.07) is 7.66. The molecule has 1 fully saturated rings. The number of likely N-dealkylation sites (N-methyl/N-ethyl adjacent to an activating group) is 1. The number of nitrogens with zero attached hydrogens (tertiary/aromatic N) is 1. The molecule has 34 heavy (non-hydrogen) atoms. The number of hydrogen-bond donors (Lipinski definition) is 3. The first-order valence-electron chi connectivity index (χ1n) is 12.0. The van der Waals surface area contributed by atoms with Gasteiger partial charge in [-0.2, -0.15) is 0 Å². The van der Waals surface area contributed by atoms with E-state index in [-0.39, 0.29) is 29.5 Å². The highest BCUT2D eigenvalue weighted by Gasteiger charge is 2.32. The number of benzene rings is 1. The van der Waals surface area contributed by atoms with E-state index in [1.165, 1.54) is 7.11 Å². The first-order chi connectivity index (χ1) is 16.1. The molecule has 1 aromatic rings. The summed E-state index contributed by atoms with van der Waals surface area (Å²) in [5.41, 5.74) is 1.09. The summed E-state index contributed by atoms with van der Waals surface area (Å²) >= 11 is 6.26. The zero-order valence-corrected chi connectivity index (χ0v) is 21.9. The smallest absolute Gasteiger partial charge is 0.406 e. The summed E-state index contributed by atoms with van der Waals surface area (Å²) in [5.74, 6) is 0.112. The first kappa shape index (κ1) is 28.2. The van der Waals surface area contributed by atoms with Crippen molar-refractivity contribution in [3.63, 3.8) is 0 Å². The van der Waals surface area contributed by atoms with Gasteiger partial charge in [0.1, 0.15) is 0 Å². The van der Waals surface area contributed by atoms with Gasteiger partial charge >= 0.3 is 12.1 Å². The topological polar surface area (TPSA) is 91.9 Å². The van der Waals surface area contributed by atoms with E-state index in [9.17, 15) is 9.59 Å². The van der Waals surface area contributed by atoms with Crippen molar-refractivity contribution in [2.45, 2.75) is 52.2 Å². The van der Waals surface area contributed by atoms with E-state index in [0.717, 1.165) is 37.9 Å². The van der Waals surface area contributed by atoms with Gasteiger partial charge in [0.2, 0.25) is 0 Å². The maximum Gasteiger partial charge on any atom is 0.406 e. The fraction of sp³-hybridized carbons (Fsp3) is 0.680. The van der Waals surface area contributed by atoms with E-state index >= 15 is 0 Å². The summed E-state index contributed by atoms with van der Waals surface area (Å²) in [7, 11) is 3.23. The molecule has 1 heterocycles. The maximum atomic E-state index is 13.2. The summed E-state index contributed by atoms with van der Waals surface area (Å²) in [4.78, 5) is 26.4. The standard InChI is InChI=1S/C25H41ClN4O4/c1-25(2,3)15-21(16-27-4)29-23(31)30-12-7-9-19(17-30)22(18-8-6-10-20(26)14-18)34-13-11-28-24(32)33-5/h6,8,10,14,19,21-22,27H,7,9,11-13,15-17H2,1-5H3,(H,28,32)(H,29,31)/t19-,21+,22?/m1/s1. The van der Waals surface area contributed by atoms with Gasteiger partial charge in [-0.05, 0) is 49.4 Å². The summed E-state index contributed by atoms with van der Waals surface area (Å²) in [6.07, 6.45) is 1.99. The number of carbonyl (C=O) groups is 2. The van der Waals surface area contributed by atoms with Gasteiger partial charge in [-0.15, -0.1) is 0 Å². The third-order valence-corrected chi connectivity index (χ3v) is 6.08. The Morgan fingerprint density at radius 3 is 2.71 bits per heavy atom. The van der Waals surface area contributed by atoms with Crippen LogP contribution in [0.1, 0.15) is 51.7 Å². The van der Waals surface area contributed by atoms with Crippen LogP contribution < -0.4 is 16.0 Å². The van der Waals surface area contributed by atoms with Gasteiger partial charge < -0.3 is 30.3 Å². The second kappa shape index (κ2) is 13.8. The summed E-state index contributed by atoms with van der Waals surface area (Å²) in [5, 5.41) is 9.69.